The smallest absolute Gasteiger partial charge is 0.186 e. The molecule has 6 heteroatoms. The van der Waals surface area contributed by atoms with E-state index in [9.17, 15) is 4.39 Å². The molecule has 0 unspecified atom stereocenters. The van der Waals surface area contributed by atoms with Gasteiger partial charge < -0.3 is 15.5 Å². The van der Waals surface area contributed by atoms with E-state index in [1.165, 1.54) is 6.33 Å². The lowest BCUT2D eigenvalue weighted by Gasteiger charge is -2.22. The van der Waals surface area contributed by atoms with Gasteiger partial charge in [-0.1, -0.05) is 0 Å². The lowest BCUT2D eigenvalue weighted by molar-refractivity contribution is 0.302. The third-order valence-electron chi connectivity index (χ3n) is 3.28. The lowest BCUT2D eigenvalue weighted by atomic mass is 10.3. The highest BCUT2D eigenvalue weighted by atomic mass is 19.1. The summed E-state index contributed by atoms with van der Waals surface area (Å²) in [6, 6.07) is 0. The summed E-state index contributed by atoms with van der Waals surface area (Å²) in [6.07, 6.45) is 2.43. The van der Waals surface area contributed by atoms with Gasteiger partial charge in [0.2, 0.25) is 0 Å². The van der Waals surface area contributed by atoms with Crippen LogP contribution in [-0.2, 0) is 0 Å². The summed E-state index contributed by atoms with van der Waals surface area (Å²) in [4.78, 5) is 12.2. The van der Waals surface area contributed by atoms with Gasteiger partial charge in [-0.25, -0.2) is 14.4 Å². The Labute approximate surface area is 107 Å². The van der Waals surface area contributed by atoms with Gasteiger partial charge in [0.1, 0.15) is 6.33 Å². The van der Waals surface area contributed by atoms with E-state index < -0.39 is 0 Å². The molecule has 1 aliphatic heterocycles. The van der Waals surface area contributed by atoms with Gasteiger partial charge in [-0.3, -0.25) is 0 Å². The van der Waals surface area contributed by atoms with Crippen LogP contribution in [0.3, 0.4) is 0 Å². The van der Waals surface area contributed by atoms with E-state index in [1.807, 2.05) is 4.90 Å². The maximum atomic E-state index is 14.0. The monoisotopic (exact) mass is 253 g/mol. The molecule has 1 fully saturated rings. The molecule has 18 heavy (non-hydrogen) atoms. The van der Waals surface area contributed by atoms with Crippen LogP contribution in [0.1, 0.15) is 12.1 Å². The van der Waals surface area contributed by atoms with E-state index in [4.69, 9.17) is 5.73 Å². The van der Waals surface area contributed by atoms with Gasteiger partial charge in [-0.2, -0.15) is 0 Å². The van der Waals surface area contributed by atoms with Gasteiger partial charge in [0.05, 0.1) is 5.69 Å². The molecule has 0 spiro atoms. The lowest BCUT2D eigenvalue weighted by Crippen LogP contribution is -2.34. The molecule has 0 atom stereocenters. The summed E-state index contributed by atoms with van der Waals surface area (Å²) >= 11 is 0. The molecular formula is C12H20FN5. The minimum atomic E-state index is -0.301. The summed E-state index contributed by atoms with van der Waals surface area (Å²) in [5.74, 6) is 0.127. The maximum Gasteiger partial charge on any atom is 0.186 e. The molecule has 0 amide bonds. The molecule has 0 aliphatic carbocycles. The van der Waals surface area contributed by atoms with E-state index in [0.29, 0.717) is 18.1 Å². The fourth-order valence-electron chi connectivity index (χ4n) is 2.25. The van der Waals surface area contributed by atoms with E-state index in [-0.39, 0.29) is 5.82 Å². The van der Waals surface area contributed by atoms with Crippen LogP contribution in [0.5, 0.6) is 0 Å². The Balaban J connectivity index is 2.07. The Morgan fingerprint density at radius 3 is 2.89 bits per heavy atom. The fraction of sp³-hybridized carbons (Fsp3) is 0.667. The molecule has 2 N–H and O–H groups in total. The van der Waals surface area contributed by atoms with Gasteiger partial charge in [0.25, 0.3) is 0 Å². The van der Waals surface area contributed by atoms with Gasteiger partial charge >= 0.3 is 0 Å². The standard InChI is InChI=1S/C12H20FN5/c1-10-11(13)12(16-9-15-10)18-5-2-4-17(6-3-14)7-8-18/h9H,2-8,14H2,1H3. The van der Waals surface area contributed by atoms with Crippen molar-refractivity contribution in [2.24, 2.45) is 5.73 Å². The average molecular weight is 253 g/mol. The Morgan fingerprint density at radius 1 is 1.28 bits per heavy atom. The van der Waals surface area contributed by atoms with Gasteiger partial charge in [0, 0.05) is 32.7 Å². The van der Waals surface area contributed by atoms with E-state index >= 15 is 0 Å². The highest BCUT2D eigenvalue weighted by molar-refractivity contribution is 5.40. The molecule has 1 aromatic rings. The molecule has 100 valence electrons. The number of halogens is 1. The normalized spacial score (nSPS) is 17.8. The predicted molar refractivity (Wildman–Crippen MR) is 69.1 cm³/mol. The van der Waals surface area contributed by atoms with Crippen LogP contribution in [0.2, 0.25) is 0 Å². The zero-order valence-electron chi connectivity index (χ0n) is 10.8. The van der Waals surface area contributed by atoms with E-state index in [0.717, 1.165) is 39.1 Å². The largest absolute Gasteiger partial charge is 0.353 e. The van der Waals surface area contributed by atoms with Crippen molar-refractivity contribution >= 4 is 5.82 Å². The number of anilines is 1. The van der Waals surface area contributed by atoms with Crippen LogP contribution in [0, 0.1) is 12.7 Å². The maximum absolute atomic E-state index is 14.0. The number of hydrogen-bond donors (Lipinski definition) is 1. The van der Waals surface area contributed by atoms with Crippen LogP contribution in [0.4, 0.5) is 10.2 Å². The van der Waals surface area contributed by atoms with E-state index in [2.05, 4.69) is 14.9 Å². The average Bonchev–Trinajstić information content (AvgIpc) is 2.59. The molecule has 1 saturated heterocycles. The number of aromatic nitrogens is 2. The fourth-order valence-corrected chi connectivity index (χ4v) is 2.25. The van der Waals surface area contributed by atoms with Crippen molar-refractivity contribution in [3.8, 4) is 0 Å². The van der Waals surface area contributed by atoms with Gasteiger partial charge in [-0.05, 0) is 19.9 Å². The molecule has 0 radical (unpaired) electrons. The van der Waals surface area contributed by atoms with Crippen LogP contribution in [0.15, 0.2) is 6.33 Å². The minimum Gasteiger partial charge on any atom is -0.353 e. The Kier molecular flexibility index (Phi) is 4.43. The SMILES string of the molecule is Cc1ncnc(N2CCCN(CCN)CC2)c1F. The van der Waals surface area contributed by atoms with Crippen molar-refractivity contribution < 1.29 is 4.39 Å². The number of aryl methyl sites for hydroxylation is 1. The van der Waals surface area contributed by atoms with Crippen molar-refractivity contribution in [2.75, 3.05) is 44.2 Å². The van der Waals surface area contributed by atoms with Crippen molar-refractivity contribution in [3.05, 3.63) is 17.8 Å². The summed E-state index contributed by atoms with van der Waals surface area (Å²) in [7, 11) is 0. The van der Waals surface area contributed by atoms with Crippen molar-refractivity contribution in [3.63, 3.8) is 0 Å². The van der Waals surface area contributed by atoms with Crippen molar-refractivity contribution in [1.29, 1.82) is 0 Å². The number of hydrogen-bond acceptors (Lipinski definition) is 5. The molecule has 1 aromatic heterocycles. The van der Waals surface area contributed by atoms with Gasteiger partial charge in [0.15, 0.2) is 11.6 Å². The third-order valence-corrected chi connectivity index (χ3v) is 3.28. The summed E-state index contributed by atoms with van der Waals surface area (Å²) in [5.41, 5.74) is 5.97. The van der Waals surface area contributed by atoms with Gasteiger partial charge in [-0.15, -0.1) is 0 Å². The summed E-state index contributed by atoms with van der Waals surface area (Å²) < 4.78 is 14.0. The van der Waals surface area contributed by atoms with Crippen molar-refractivity contribution in [1.82, 2.24) is 14.9 Å². The van der Waals surface area contributed by atoms with Crippen LogP contribution in [0.25, 0.3) is 0 Å². The molecular weight excluding hydrogens is 233 g/mol. The molecule has 5 nitrogen and oxygen atoms in total. The second kappa shape index (κ2) is 6.06. The second-order valence-electron chi connectivity index (χ2n) is 4.57. The highest BCUT2D eigenvalue weighted by Crippen LogP contribution is 2.18. The van der Waals surface area contributed by atoms with Crippen molar-refractivity contribution in [2.45, 2.75) is 13.3 Å². The summed E-state index contributed by atoms with van der Waals surface area (Å²) in [5, 5.41) is 0. The second-order valence-corrected chi connectivity index (χ2v) is 4.57. The van der Waals surface area contributed by atoms with Crippen LogP contribution in [-0.4, -0.2) is 54.1 Å². The topological polar surface area (TPSA) is 58.3 Å². The first-order chi connectivity index (χ1) is 8.72. The molecule has 2 rings (SSSR count). The Bertz CT molecular complexity index is 398. The quantitative estimate of drug-likeness (QED) is 0.844. The van der Waals surface area contributed by atoms with Crippen LogP contribution < -0.4 is 10.6 Å². The molecule has 2 heterocycles. The zero-order chi connectivity index (χ0) is 13.0. The summed E-state index contributed by atoms with van der Waals surface area (Å²) in [6.45, 7) is 6.76. The van der Waals surface area contributed by atoms with E-state index in [1.54, 1.807) is 6.92 Å². The zero-order valence-corrected chi connectivity index (χ0v) is 10.8. The third kappa shape index (κ3) is 2.94. The minimum absolute atomic E-state index is 0.301. The first-order valence-electron chi connectivity index (χ1n) is 6.37. The predicted octanol–water partition coefficient (Wildman–Crippen LogP) is 0.395. The first kappa shape index (κ1) is 13.2. The first-order valence-corrected chi connectivity index (χ1v) is 6.37. The Hall–Kier alpha value is -1.27. The molecule has 0 aromatic carbocycles. The number of nitrogens with zero attached hydrogens (tertiary/aromatic N) is 4. The molecule has 0 saturated carbocycles. The number of rotatable bonds is 3. The molecule has 0 bridgehead atoms. The highest BCUT2D eigenvalue weighted by Gasteiger charge is 2.19. The van der Waals surface area contributed by atoms with Crippen LogP contribution >= 0.6 is 0 Å². The molecule has 1 aliphatic rings. The number of nitrogens with two attached hydrogens (primary N) is 1. The Morgan fingerprint density at radius 2 is 2.11 bits per heavy atom.